The average molecular weight is 323 g/mol. The highest BCUT2D eigenvalue weighted by Crippen LogP contribution is 2.31. The van der Waals surface area contributed by atoms with Crippen molar-refractivity contribution in [1.29, 1.82) is 0 Å². The molecule has 0 heterocycles. The summed E-state index contributed by atoms with van der Waals surface area (Å²) in [6, 6.07) is 1.36. The highest BCUT2D eigenvalue weighted by Gasteiger charge is 2.22. The molecule has 110 valence electrons. The van der Waals surface area contributed by atoms with E-state index < -0.39 is 37.8 Å². The minimum Gasteiger partial charge on any atom is -0.478 e. The van der Waals surface area contributed by atoms with E-state index in [2.05, 4.69) is 0 Å². The van der Waals surface area contributed by atoms with E-state index in [1.807, 2.05) is 0 Å². The number of rotatable bonds is 6. The molecule has 0 amide bonds. The first-order chi connectivity index (χ1) is 9.11. The van der Waals surface area contributed by atoms with E-state index in [9.17, 15) is 27.7 Å². The van der Waals surface area contributed by atoms with Crippen molar-refractivity contribution in [3.05, 3.63) is 33.6 Å². The lowest BCUT2D eigenvalue weighted by Gasteiger charge is -2.05. The number of carboxylic acids is 1. The molecule has 0 saturated carbocycles. The van der Waals surface area contributed by atoms with Crippen molar-refractivity contribution in [2.45, 2.75) is 4.90 Å². The number of hydrogen-bond donors (Lipinski definition) is 1. The Hall–Kier alpha value is -1.68. The first kappa shape index (κ1) is 16.4. The molecule has 0 bridgehead atoms. The van der Waals surface area contributed by atoms with Crippen LogP contribution in [0.1, 0.15) is 10.4 Å². The van der Waals surface area contributed by atoms with Crippen molar-refractivity contribution in [2.75, 3.05) is 17.8 Å². The molecule has 0 aromatic heterocycles. The number of carboxylic acid groups (broad SMARTS) is 1. The van der Waals surface area contributed by atoms with Gasteiger partial charge >= 0.3 is 5.97 Å². The lowest BCUT2D eigenvalue weighted by Crippen LogP contribution is -2.06. The molecule has 7 nitrogen and oxygen atoms in total. The number of aromatic carboxylic acids is 1. The second kappa shape index (κ2) is 6.18. The van der Waals surface area contributed by atoms with E-state index >= 15 is 0 Å². The summed E-state index contributed by atoms with van der Waals surface area (Å²) in [5.74, 6) is -2.99. The zero-order valence-electron chi connectivity index (χ0n) is 10.2. The van der Waals surface area contributed by atoms with Gasteiger partial charge in [0.05, 0.1) is 27.2 Å². The van der Waals surface area contributed by atoms with Crippen LogP contribution in [0.4, 0.5) is 10.1 Å². The Bertz CT molecular complexity index is 658. The summed E-state index contributed by atoms with van der Waals surface area (Å²) in [5, 5.41) is 19.5. The van der Waals surface area contributed by atoms with E-state index in [0.717, 1.165) is 24.1 Å². The van der Waals surface area contributed by atoms with E-state index in [4.69, 9.17) is 5.11 Å². The van der Waals surface area contributed by atoms with Gasteiger partial charge in [-0.3, -0.25) is 10.1 Å². The number of halogens is 1. The van der Waals surface area contributed by atoms with Gasteiger partial charge in [-0.05, 0) is 6.07 Å². The second-order valence-electron chi connectivity index (χ2n) is 3.84. The van der Waals surface area contributed by atoms with Crippen molar-refractivity contribution >= 4 is 33.3 Å². The highest BCUT2D eigenvalue weighted by molar-refractivity contribution is 8.00. The second-order valence-corrected chi connectivity index (χ2v) is 7.24. The summed E-state index contributed by atoms with van der Waals surface area (Å²) in [4.78, 5) is 20.6. The Kier molecular flexibility index (Phi) is 5.06. The fourth-order valence-electron chi connectivity index (χ4n) is 1.27. The first-order valence-corrected chi connectivity index (χ1v) is 8.18. The van der Waals surface area contributed by atoms with E-state index in [1.54, 1.807) is 0 Å². The van der Waals surface area contributed by atoms with Gasteiger partial charge in [-0.25, -0.2) is 17.6 Å². The smallest absolute Gasteiger partial charge is 0.338 e. The van der Waals surface area contributed by atoms with Crippen LogP contribution in [0.25, 0.3) is 0 Å². The van der Waals surface area contributed by atoms with Crippen LogP contribution in [0.2, 0.25) is 0 Å². The zero-order chi connectivity index (χ0) is 15.5. The molecule has 0 unspecified atom stereocenters. The molecule has 0 spiro atoms. The third-order valence-corrected chi connectivity index (χ3v) is 4.44. The van der Waals surface area contributed by atoms with Crippen LogP contribution in [0, 0.1) is 15.9 Å². The van der Waals surface area contributed by atoms with Crippen LogP contribution in [0.15, 0.2) is 17.0 Å². The van der Waals surface area contributed by atoms with Gasteiger partial charge in [-0.2, -0.15) is 0 Å². The van der Waals surface area contributed by atoms with Crippen LogP contribution in [-0.4, -0.2) is 42.2 Å². The number of nitrogens with zero attached hydrogens (tertiary/aromatic N) is 1. The van der Waals surface area contributed by atoms with Crippen molar-refractivity contribution < 1.29 is 27.6 Å². The molecule has 0 saturated heterocycles. The first-order valence-electron chi connectivity index (χ1n) is 5.13. The lowest BCUT2D eigenvalue weighted by atomic mass is 10.2. The monoisotopic (exact) mass is 323 g/mol. The predicted molar refractivity (Wildman–Crippen MR) is 70.4 cm³/mol. The number of benzene rings is 1. The summed E-state index contributed by atoms with van der Waals surface area (Å²) >= 11 is 0.792. The number of carbonyl (C=O) groups is 1. The Balaban J connectivity index is 3.11. The molecule has 1 N–H and O–H groups in total. The van der Waals surface area contributed by atoms with Crippen LogP contribution < -0.4 is 0 Å². The lowest BCUT2D eigenvalue weighted by molar-refractivity contribution is -0.387. The van der Waals surface area contributed by atoms with Gasteiger partial charge < -0.3 is 5.11 Å². The fraction of sp³-hybridized carbons (Fsp3) is 0.300. The molecule has 1 aromatic rings. The molecule has 0 atom stereocenters. The minimum absolute atomic E-state index is 0.00433. The maximum atomic E-state index is 13.4. The molecular formula is C10H10FNO6S2. The van der Waals surface area contributed by atoms with Crippen LogP contribution >= 0.6 is 11.8 Å². The largest absolute Gasteiger partial charge is 0.478 e. The van der Waals surface area contributed by atoms with Gasteiger partial charge in [0.15, 0.2) is 0 Å². The van der Waals surface area contributed by atoms with Crippen molar-refractivity contribution in [3.63, 3.8) is 0 Å². The van der Waals surface area contributed by atoms with Crippen LogP contribution in [0.3, 0.4) is 0 Å². The zero-order valence-corrected chi connectivity index (χ0v) is 11.8. The molecule has 0 fully saturated rings. The highest BCUT2D eigenvalue weighted by atomic mass is 32.2. The molecule has 1 rings (SSSR count). The summed E-state index contributed by atoms with van der Waals surface area (Å²) in [6.07, 6.45) is 1.01. The van der Waals surface area contributed by atoms with Crippen molar-refractivity contribution in [3.8, 4) is 0 Å². The minimum atomic E-state index is -3.24. The van der Waals surface area contributed by atoms with E-state index in [-0.39, 0.29) is 16.4 Å². The summed E-state index contributed by atoms with van der Waals surface area (Å²) in [7, 11) is -3.24. The predicted octanol–water partition coefficient (Wildman–Crippen LogP) is 1.57. The number of thioether (sulfide) groups is 1. The quantitative estimate of drug-likeness (QED) is 0.480. The van der Waals surface area contributed by atoms with Crippen molar-refractivity contribution in [2.24, 2.45) is 0 Å². The number of nitro groups is 1. The molecule has 10 heteroatoms. The van der Waals surface area contributed by atoms with Gasteiger partial charge in [-0.15, -0.1) is 11.8 Å². The molecule has 0 radical (unpaired) electrons. The molecule has 0 aliphatic heterocycles. The summed E-state index contributed by atoms with van der Waals surface area (Å²) in [5.41, 5.74) is -1.29. The summed E-state index contributed by atoms with van der Waals surface area (Å²) in [6.45, 7) is 0. The molecule has 1 aromatic carbocycles. The molecule has 20 heavy (non-hydrogen) atoms. The molecular weight excluding hydrogens is 313 g/mol. The van der Waals surface area contributed by atoms with Crippen molar-refractivity contribution in [1.82, 2.24) is 0 Å². The Labute approximate surface area is 117 Å². The number of sulfone groups is 1. The molecule has 0 aliphatic carbocycles. The number of nitro benzene ring substituents is 1. The van der Waals surface area contributed by atoms with Gasteiger partial charge in [0, 0.05) is 12.0 Å². The topological polar surface area (TPSA) is 115 Å². The van der Waals surface area contributed by atoms with Gasteiger partial charge in [0.2, 0.25) is 0 Å². The van der Waals surface area contributed by atoms with Gasteiger partial charge in [-0.1, -0.05) is 0 Å². The fourth-order valence-corrected chi connectivity index (χ4v) is 3.51. The van der Waals surface area contributed by atoms with E-state index in [1.165, 1.54) is 0 Å². The SMILES string of the molecule is CS(=O)(=O)CCSc1cc(C(=O)O)c(F)cc1[N+](=O)[O-]. The van der Waals surface area contributed by atoms with Crippen LogP contribution in [0.5, 0.6) is 0 Å². The Morgan fingerprint density at radius 3 is 2.55 bits per heavy atom. The van der Waals surface area contributed by atoms with Gasteiger partial charge in [0.1, 0.15) is 15.7 Å². The maximum Gasteiger partial charge on any atom is 0.338 e. The standard InChI is InChI=1S/C10H10FNO6S2/c1-20(17,18)3-2-19-9-4-6(10(13)14)7(11)5-8(9)12(15)16/h4-5H,2-3H2,1H3,(H,13,14). The third kappa shape index (κ3) is 4.46. The average Bonchev–Trinajstić information content (AvgIpc) is 2.28. The van der Waals surface area contributed by atoms with Crippen LogP contribution in [-0.2, 0) is 9.84 Å². The normalized spacial score (nSPS) is 11.3. The number of hydrogen-bond acceptors (Lipinski definition) is 6. The Morgan fingerprint density at radius 2 is 2.10 bits per heavy atom. The van der Waals surface area contributed by atoms with Gasteiger partial charge in [0.25, 0.3) is 5.69 Å². The molecule has 0 aliphatic rings. The maximum absolute atomic E-state index is 13.4. The Morgan fingerprint density at radius 1 is 1.50 bits per heavy atom. The third-order valence-electron chi connectivity index (χ3n) is 2.19. The summed E-state index contributed by atoms with van der Waals surface area (Å²) < 4.78 is 35.3. The van der Waals surface area contributed by atoms with E-state index in [0.29, 0.717) is 6.07 Å².